The average molecular weight is 327 g/mol. The Bertz CT molecular complexity index is 932. The molecule has 0 atom stereocenters. The van der Waals surface area contributed by atoms with Gasteiger partial charge in [0.15, 0.2) is 0 Å². The summed E-state index contributed by atoms with van der Waals surface area (Å²) in [6, 6.07) is 28.3. The fourth-order valence-corrected chi connectivity index (χ4v) is 2.60. The van der Waals surface area contributed by atoms with Crippen LogP contribution in [0.2, 0.25) is 0 Å². The Morgan fingerprint density at radius 2 is 1.36 bits per heavy atom. The summed E-state index contributed by atoms with van der Waals surface area (Å²) in [6.07, 6.45) is 1.88. The Kier molecular flexibility index (Phi) is 4.25. The summed E-state index contributed by atoms with van der Waals surface area (Å²) in [4.78, 5) is 0. The van der Waals surface area contributed by atoms with Crippen LogP contribution in [0.4, 0.5) is 0 Å². The zero-order valence-corrected chi connectivity index (χ0v) is 13.6. The molecule has 0 bridgehead atoms. The van der Waals surface area contributed by atoms with E-state index >= 15 is 0 Å². The molecule has 25 heavy (non-hydrogen) atoms. The summed E-state index contributed by atoms with van der Waals surface area (Å²) >= 11 is 0. The van der Waals surface area contributed by atoms with Crippen LogP contribution in [0.3, 0.4) is 0 Å². The van der Waals surface area contributed by atoms with Gasteiger partial charge in [0.05, 0.1) is 11.9 Å². The van der Waals surface area contributed by atoms with Crippen LogP contribution in [0.15, 0.2) is 91.1 Å². The van der Waals surface area contributed by atoms with Gasteiger partial charge in [0.25, 0.3) is 0 Å². The zero-order chi connectivity index (χ0) is 16.9. The van der Waals surface area contributed by atoms with Gasteiger partial charge in [-0.1, -0.05) is 65.9 Å². The second-order valence-electron chi connectivity index (χ2n) is 5.67. The average Bonchev–Trinajstić information content (AvgIpc) is 3.17. The molecule has 4 heteroatoms. The first kappa shape index (κ1) is 15.1. The molecular formula is C21H17N3O. The van der Waals surface area contributed by atoms with E-state index in [1.165, 1.54) is 11.1 Å². The van der Waals surface area contributed by atoms with Gasteiger partial charge in [0.2, 0.25) is 0 Å². The van der Waals surface area contributed by atoms with Gasteiger partial charge in [-0.05, 0) is 35.4 Å². The molecule has 0 aliphatic heterocycles. The van der Waals surface area contributed by atoms with Gasteiger partial charge < -0.3 is 4.74 Å². The molecule has 0 N–H and O–H groups in total. The largest absolute Gasteiger partial charge is 0.487 e. The molecule has 1 aromatic heterocycles. The Morgan fingerprint density at radius 3 is 2.08 bits per heavy atom. The van der Waals surface area contributed by atoms with Gasteiger partial charge in [-0.25, -0.2) is 4.68 Å². The molecule has 3 aromatic carbocycles. The maximum atomic E-state index is 5.82. The van der Waals surface area contributed by atoms with Gasteiger partial charge in [-0.2, -0.15) is 0 Å². The number of para-hydroxylation sites is 1. The van der Waals surface area contributed by atoms with Crippen molar-refractivity contribution in [2.24, 2.45) is 0 Å². The molecule has 4 nitrogen and oxygen atoms in total. The van der Waals surface area contributed by atoms with Crippen molar-refractivity contribution in [2.75, 3.05) is 0 Å². The van der Waals surface area contributed by atoms with Gasteiger partial charge in [-0.15, -0.1) is 5.10 Å². The van der Waals surface area contributed by atoms with Crippen molar-refractivity contribution in [3.63, 3.8) is 0 Å². The van der Waals surface area contributed by atoms with Crippen molar-refractivity contribution in [3.05, 3.63) is 96.8 Å². The number of nitrogens with zero attached hydrogens (tertiary/aromatic N) is 3. The van der Waals surface area contributed by atoms with E-state index in [2.05, 4.69) is 34.6 Å². The first-order chi connectivity index (χ1) is 12.4. The molecule has 0 saturated carbocycles. The van der Waals surface area contributed by atoms with Crippen LogP contribution in [0.1, 0.15) is 5.69 Å². The minimum absolute atomic E-state index is 0.386. The number of benzene rings is 3. The van der Waals surface area contributed by atoms with Crippen molar-refractivity contribution in [1.82, 2.24) is 15.0 Å². The first-order valence-corrected chi connectivity index (χ1v) is 8.13. The summed E-state index contributed by atoms with van der Waals surface area (Å²) in [5.41, 5.74) is 4.13. The quantitative estimate of drug-likeness (QED) is 0.541. The highest BCUT2D eigenvalue weighted by Crippen LogP contribution is 2.22. The Balaban J connectivity index is 1.41. The summed E-state index contributed by atoms with van der Waals surface area (Å²) in [6.45, 7) is 0.386. The fraction of sp³-hybridized carbons (Fsp3) is 0.0476. The normalized spacial score (nSPS) is 10.6. The Morgan fingerprint density at radius 1 is 0.720 bits per heavy atom. The van der Waals surface area contributed by atoms with Gasteiger partial charge in [0, 0.05) is 0 Å². The van der Waals surface area contributed by atoms with Crippen molar-refractivity contribution in [3.8, 4) is 22.6 Å². The third-order valence-corrected chi connectivity index (χ3v) is 3.91. The van der Waals surface area contributed by atoms with E-state index in [9.17, 15) is 0 Å². The van der Waals surface area contributed by atoms with E-state index in [1.54, 1.807) is 4.68 Å². The molecule has 4 aromatic rings. The lowest BCUT2D eigenvalue weighted by Gasteiger charge is -2.06. The molecule has 1 heterocycles. The molecule has 0 unspecified atom stereocenters. The highest BCUT2D eigenvalue weighted by Gasteiger charge is 2.04. The lowest BCUT2D eigenvalue weighted by Crippen LogP contribution is -1.95. The smallest absolute Gasteiger partial charge is 0.134 e. The van der Waals surface area contributed by atoms with Crippen LogP contribution in [0.5, 0.6) is 5.75 Å². The summed E-state index contributed by atoms with van der Waals surface area (Å²) in [5, 5.41) is 8.30. The van der Waals surface area contributed by atoms with Gasteiger partial charge in [-0.3, -0.25) is 0 Å². The second-order valence-corrected chi connectivity index (χ2v) is 5.67. The molecule has 4 rings (SSSR count). The lowest BCUT2D eigenvalue weighted by atomic mass is 10.1. The van der Waals surface area contributed by atoms with E-state index in [-0.39, 0.29) is 0 Å². The topological polar surface area (TPSA) is 39.9 Å². The molecule has 0 radical (unpaired) electrons. The molecule has 0 aliphatic rings. The highest BCUT2D eigenvalue weighted by atomic mass is 16.5. The van der Waals surface area contributed by atoms with Gasteiger partial charge >= 0.3 is 0 Å². The van der Waals surface area contributed by atoms with E-state index in [0.717, 1.165) is 17.1 Å². The molecule has 122 valence electrons. The monoisotopic (exact) mass is 327 g/mol. The fourth-order valence-electron chi connectivity index (χ4n) is 2.60. The van der Waals surface area contributed by atoms with Crippen LogP contribution < -0.4 is 4.74 Å². The molecule has 0 saturated heterocycles. The lowest BCUT2D eigenvalue weighted by molar-refractivity contribution is 0.301. The standard InChI is InChI=1S/C21H17N3O/c1-3-7-17(8-4-1)18-11-13-21(14-12-18)25-16-19-15-24(23-22-19)20-9-5-2-6-10-20/h1-15H,16H2. The molecule has 0 fully saturated rings. The van der Waals surface area contributed by atoms with Crippen LogP contribution in [-0.2, 0) is 6.61 Å². The molecule has 0 spiro atoms. The van der Waals surface area contributed by atoms with Crippen LogP contribution in [-0.4, -0.2) is 15.0 Å². The second kappa shape index (κ2) is 7.01. The molecular weight excluding hydrogens is 310 g/mol. The number of ether oxygens (including phenoxy) is 1. The maximum absolute atomic E-state index is 5.82. The van der Waals surface area contributed by atoms with Crippen molar-refractivity contribution in [2.45, 2.75) is 6.61 Å². The summed E-state index contributed by atoms with van der Waals surface area (Å²) in [5.74, 6) is 0.814. The number of hydrogen-bond acceptors (Lipinski definition) is 3. The summed E-state index contributed by atoms with van der Waals surface area (Å²) < 4.78 is 7.56. The molecule has 0 aliphatic carbocycles. The number of hydrogen-bond donors (Lipinski definition) is 0. The first-order valence-electron chi connectivity index (χ1n) is 8.13. The van der Waals surface area contributed by atoms with E-state index in [4.69, 9.17) is 4.74 Å². The third kappa shape index (κ3) is 3.58. The predicted molar refractivity (Wildman–Crippen MR) is 97.6 cm³/mol. The number of rotatable bonds is 5. The Labute approximate surface area is 146 Å². The van der Waals surface area contributed by atoms with Crippen molar-refractivity contribution >= 4 is 0 Å². The maximum Gasteiger partial charge on any atom is 0.134 e. The third-order valence-electron chi connectivity index (χ3n) is 3.91. The van der Waals surface area contributed by atoms with E-state index in [1.807, 2.05) is 66.9 Å². The van der Waals surface area contributed by atoms with Crippen LogP contribution in [0.25, 0.3) is 16.8 Å². The predicted octanol–water partition coefficient (Wildman–Crippen LogP) is 4.51. The highest BCUT2D eigenvalue weighted by molar-refractivity contribution is 5.63. The van der Waals surface area contributed by atoms with Crippen molar-refractivity contribution in [1.29, 1.82) is 0 Å². The minimum atomic E-state index is 0.386. The van der Waals surface area contributed by atoms with Crippen LogP contribution >= 0.6 is 0 Å². The van der Waals surface area contributed by atoms with E-state index < -0.39 is 0 Å². The minimum Gasteiger partial charge on any atom is -0.487 e. The summed E-state index contributed by atoms with van der Waals surface area (Å²) in [7, 11) is 0. The number of aromatic nitrogens is 3. The van der Waals surface area contributed by atoms with E-state index in [0.29, 0.717) is 6.61 Å². The van der Waals surface area contributed by atoms with Crippen LogP contribution in [0, 0.1) is 0 Å². The van der Waals surface area contributed by atoms with Crippen molar-refractivity contribution < 1.29 is 4.74 Å². The Hall–Kier alpha value is -3.40. The zero-order valence-electron chi connectivity index (χ0n) is 13.6. The van der Waals surface area contributed by atoms with Gasteiger partial charge in [0.1, 0.15) is 18.1 Å². The SMILES string of the molecule is c1ccc(-c2ccc(OCc3cn(-c4ccccc4)nn3)cc2)cc1. The molecule has 0 amide bonds.